The van der Waals surface area contributed by atoms with Gasteiger partial charge in [-0.1, -0.05) is 42.5 Å². The van der Waals surface area contributed by atoms with Gasteiger partial charge in [0.2, 0.25) is 6.41 Å². The van der Waals surface area contributed by atoms with Crippen LogP contribution in [-0.4, -0.2) is 60.4 Å². The number of fused-ring (bicyclic) bond motifs is 1. The summed E-state index contributed by atoms with van der Waals surface area (Å²) in [4.78, 5) is 30.5. The molecule has 2 amide bonds. The molecular weight excluding hydrogens is 362 g/mol. The molecule has 2 aromatic carbocycles. The summed E-state index contributed by atoms with van der Waals surface area (Å²) in [5.74, 6) is 0.0120. The summed E-state index contributed by atoms with van der Waals surface area (Å²) in [5.41, 5.74) is 3.55. The van der Waals surface area contributed by atoms with Crippen molar-refractivity contribution < 1.29 is 9.59 Å². The number of anilines is 1. The van der Waals surface area contributed by atoms with Crippen LogP contribution >= 0.6 is 0 Å². The number of nitrogens with zero attached hydrogens (tertiary/aromatic N) is 3. The van der Waals surface area contributed by atoms with E-state index in [9.17, 15) is 9.59 Å². The molecule has 29 heavy (non-hydrogen) atoms. The number of hydrogen-bond acceptors (Lipinski definition) is 3. The highest BCUT2D eigenvalue weighted by Crippen LogP contribution is 2.40. The van der Waals surface area contributed by atoms with Crippen LogP contribution in [0.25, 0.3) is 5.57 Å². The Labute approximate surface area is 172 Å². The summed E-state index contributed by atoms with van der Waals surface area (Å²) in [6.45, 7) is 8.26. The predicted molar refractivity (Wildman–Crippen MR) is 116 cm³/mol. The van der Waals surface area contributed by atoms with Crippen molar-refractivity contribution in [1.29, 1.82) is 0 Å². The van der Waals surface area contributed by atoms with Crippen LogP contribution in [-0.2, 0) is 4.79 Å². The zero-order valence-electron chi connectivity index (χ0n) is 17.0. The minimum Gasteiger partial charge on any atom is -0.343 e. The highest BCUT2D eigenvalue weighted by molar-refractivity contribution is 6.10. The van der Waals surface area contributed by atoms with Gasteiger partial charge in [-0.05, 0) is 37.6 Å². The first-order chi connectivity index (χ1) is 14.0. The minimum absolute atomic E-state index is 0.0120. The van der Waals surface area contributed by atoms with E-state index in [-0.39, 0.29) is 5.91 Å². The molecule has 0 radical (unpaired) electrons. The van der Waals surface area contributed by atoms with E-state index < -0.39 is 5.54 Å². The SMILES string of the molecule is CC1(C)C=C(CN2CCN(C=O)CC2)c2ccccc2N1C(=O)c1ccccc1. The highest BCUT2D eigenvalue weighted by Gasteiger charge is 2.37. The first-order valence-electron chi connectivity index (χ1n) is 10.1. The maximum atomic E-state index is 13.4. The summed E-state index contributed by atoms with van der Waals surface area (Å²) >= 11 is 0. The molecule has 0 unspecified atom stereocenters. The zero-order valence-corrected chi connectivity index (χ0v) is 17.0. The van der Waals surface area contributed by atoms with Gasteiger partial charge in [-0.3, -0.25) is 19.4 Å². The molecule has 2 aromatic rings. The maximum Gasteiger partial charge on any atom is 0.259 e. The minimum atomic E-state index is -0.443. The average molecular weight is 389 g/mol. The lowest BCUT2D eigenvalue weighted by Gasteiger charge is -2.43. The largest absolute Gasteiger partial charge is 0.343 e. The lowest BCUT2D eigenvalue weighted by atomic mass is 9.87. The molecule has 0 aliphatic carbocycles. The van der Waals surface area contributed by atoms with Crippen molar-refractivity contribution in [2.45, 2.75) is 19.4 Å². The zero-order chi connectivity index (χ0) is 20.4. The normalized spacial score (nSPS) is 18.8. The van der Waals surface area contributed by atoms with Gasteiger partial charge in [0, 0.05) is 43.9 Å². The summed E-state index contributed by atoms with van der Waals surface area (Å²) in [7, 11) is 0. The molecule has 0 N–H and O–H groups in total. The smallest absolute Gasteiger partial charge is 0.259 e. The second kappa shape index (κ2) is 7.84. The van der Waals surface area contributed by atoms with Gasteiger partial charge in [0.05, 0.1) is 11.2 Å². The Hall–Kier alpha value is -2.92. The lowest BCUT2D eigenvalue weighted by molar-refractivity contribution is -0.119. The third kappa shape index (κ3) is 3.83. The molecule has 5 nitrogen and oxygen atoms in total. The molecule has 0 aromatic heterocycles. The van der Waals surface area contributed by atoms with Crippen LogP contribution < -0.4 is 4.90 Å². The van der Waals surface area contributed by atoms with E-state index in [1.54, 1.807) is 0 Å². The predicted octanol–water partition coefficient (Wildman–Crippen LogP) is 3.28. The van der Waals surface area contributed by atoms with E-state index in [0.29, 0.717) is 5.56 Å². The molecule has 2 aliphatic heterocycles. The van der Waals surface area contributed by atoms with E-state index in [1.165, 1.54) is 5.57 Å². The van der Waals surface area contributed by atoms with Crippen LogP contribution in [0.4, 0.5) is 5.69 Å². The van der Waals surface area contributed by atoms with Crippen LogP contribution in [0.3, 0.4) is 0 Å². The van der Waals surface area contributed by atoms with Crippen molar-refractivity contribution in [3.8, 4) is 0 Å². The van der Waals surface area contributed by atoms with Gasteiger partial charge in [-0.15, -0.1) is 0 Å². The van der Waals surface area contributed by atoms with E-state index in [4.69, 9.17) is 0 Å². The van der Waals surface area contributed by atoms with E-state index in [0.717, 1.165) is 50.4 Å². The molecule has 0 bridgehead atoms. The van der Waals surface area contributed by atoms with Gasteiger partial charge in [-0.25, -0.2) is 0 Å². The molecular formula is C24H27N3O2. The molecule has 5 heteroatoms. The summed E-state index contributed by atoms with van der Waals surface area (Å²) in [5, 5.41) is 0. The maximum absolute atomic E-state index is 13.4. The second-order valence-corrected chi connectivity index (χ2v) is 8.26. The van der Waals surface area contributed by atoms with E-state index >= 15 is 0 Å². The Kier molecular flexibility index (Phi) is 5.24. The number of amides is 2. The Balaban J connectivity index is 1.65. The second-order valence-electron chi connectivity index (χ2n) is 8.26. The van der Waals surface area contributed by atoms with Gasteiger partial charge >= 0.3 is 0 Å². The summed E-state index contributed by atoms with van der Waals surface area (Å²) in [6, 6.07) is 17.6. The molecule has 0 spiro atoms. The number of para-hydroxylation sites is 1. The molecule has 1 fully saturated rings. The van der Waals surface area contributed by atoms with Crippen LogP contribution in [0, 0.1) is 0 Å². The quantitative estimate of drug-likeness (QED) is 0.754. The number of piperazine rings is 1. The van der Waals surface area contributed by atoms with E-state index in [2.05, 4.69) is 30.9 Å². The number of carbonyl (C=O) groups excluding carboxylic acids is 2. The molecule has 0 saturated carbocycles. The van der Waals surface area contributed by atoms with Gasteiger partial charge in [0.25, 0.3) is 5.91 Å². The third-order valence-electron chi connectivity index (χ3n) is 5.77. The van der Waals surface area contributed by atoms with Crippen LogP contribution in [0.1, 0.15) is 29.8 Å². The fourth-order valence-electron chi connectivity index (χ4n) is 4.30. The number of rotatable bonds is 4. The van der Waals surface area contributed by atoms with Gasteiger partial charge in [0.15, 0.2) is 0 Å². The van der Waals surface area contributed by atoms with Gasteiger partial charge < -0.3 is 4.90 Å². The van der Waals surface area contributed by atoms with Gasteiger partial charge in [-0.2, -0.15) is 0 Å². The standard InChI is InChI=1S/C24H27N3O2/c1-24(2)16-20(17-25-12-14-26(18-28)15-13-25)21-10-6-7-11-22(21)27(24)23(29)19-8-4-3-5-9-19/h3-11,16,18H,12-15,17H2,1-2H3. The fraction of sp³-hybridized carbons (Fsp3) is 0.333. The number of hydrogen-bond donors (Lipinski definition) is 0. The van der Waals surface area contributed by atoms with Crippen molar-refractivity contribution in [3.05, 3.63) is 71.8 Å². The Morgan fingerprint density at radius 2 is 1.62 bits per heavy atom. The molecule has 150 valence electrons. The number of benzene rings is 2. The first-order valence-corrected chi connectivity index (χ1v) is 10.1. The summed E-state index contributed by atoms with van der Waals surface area (Å²) < 4.78 is 0. The number of carbonyl (C=O) groups is 2. The van der Waals surface area contributed by atoms with Crippen molar-refractivity contribution in [3.63, 3.8) is 0 Å². The molecule has 2 aliphatic rings. The van der Waals surface area contributed by atoms with Crippen LogP contribution in [0.15, 0.2) is 60.7 Å². The van der Waals surface area contributed by atoms with Crippen LogP contribution in [0.5, 0.6) is 0 Å². The molecule has 1 saturated heterocycles. The van der Waals surface area contributed by atoms with Crippen molar-refractivity contribution in [2.24, 2.45) is 0 Å². The van der Waals surface area contributed by atoms with Crippen molar-refractivity contribution in [2.75, 3.05) is 37.6 Å². The van der Waals surface area contributed by atoms with E-state index in [1.807, 2.05) is 58.3 Å². The average Bonchev–Trinajstić information content (AvgIpc) is 2.74. The fourth-order valence-corrected chi connectivity index (χ4v) is 4.30. The molecule has 0 atom stereocenters. The lowest BCUT2D eigenvalue weighted by Crippen LogP contribution is -2.50. The monoisotopic (exact) mass is 389 g/mol. The van der Waals surface area contributed by atoms with Crippen LogP contribution in [0.2, 0.25) is 0 Å². The Bertz CT molecular complexity index is 928. The molecule has 2 heterocycles. The first kappa shape index (κ1) is 19.4. The van der Waals surface area contributed by atoms with Gasteiger partial charge in [0.1, 0.15) is 0 Å². The topological polar surface area (TPSA) is 43.9 Å². The Morgan fingerprint density at radius 3 is 2.31 bits per heavy atom. The Morgan fingerprint density at radius 1 is 0.966 bits per heavy atom. The van der Waals surface area contributed by atoms with Crippen molar-refractivity contribution in [1.82, 2.24) is 9.80 Å². The van der Waals surface area contributed by atoms with Crippen molar-refractivity contribution >= 4 is 23.6 Å². The summed E-state index contributed by atoms with van der Waals surface area (Å²) in [6.07, 6.45) is 3.16. The third-order valence-corrected chi connectivity index (χ3v) is 5.77. The highest BCUT2D eigenvalue weighted by atomic mass is 16.2. The molecule has 4 rings (SSSR count).